The van der Waals surface area contributed by atoms with Crippen LogP contribution in [-0.2, 0) is 16.1 Å². The first kappa shape index (κ1) is 14.1. The van der Waals surface area contributed by atoms with Crippen molar-refractivity contribution < 1.29 is 9.59 Å². The Labute approximate surface area is 124 Å². The van der Waals surface area contributed by atoms with Gasteiger partial charge in [0.15, 0.2) is 0 Å². The number of hydrogen-bond acceptors (Lipinski definition) is 3. The molecule has 0 radical (unpaired) electrons. The van der Waals surface area contributed by atoms with Crippen LogP contribution in [0, 0.1) is 5.92 Å². The van der Waals surface area contributed by atoms with E-state index in [0.29, 0.717) is 19.5 Å². The summed E-state index contributed by atoms with van der Waals surface area (Å²) in [6.07, 6.45) is 7.92. The standard InChI is InChI=1S/C15H22N4O2/c20-14(6-2-8-19-9-3-7-16-19)18-10-12-4-1-5-13(11-18)17-15(12)21/h3,7,9,12-13H,1-2,4-6,8,10-11H2,(H,17,21). The lowest BCUT2D eigenvalue weighted by atomic mass is 9.99. The number of likely N-dealkylation sites (tertiary alicyclic amines) is 1. The zero-order valence-corrected chi connectivity index (χ0v) is 12.2. The Morgan fingerprint density at radius 2 is 2.29 bits per heavy atom. The molecule has 1 aromatic rings. The van der Waals surface area contributed by atoms with Gasteiger partial charge in [0, 0.05) is 44.5 Å². The molecular weight excluding hydrogens is 268 g/mol. The van der Waals surface area contributed by atoms with Gasteiger partial charge in [0.05, 0.1) is 5.92 Å². The molecule has 2 aliphatic rings. The first-order chi connectivity index (χ1) is 10.2. The number of aryl methyl sites for hydroxylation is 1. The second-order valence-corrected chi connectivity index (χ2v) is 6.00. The van der Waals surface area contributed by atoms with Gasteiger partial charge >= 0.3 is 0 Å². The largest absolute Gasteiger partial charge is 0.351 e. The molecule has 1 aromatic heterocycles. The zero-order valence-electron chi connectivity index (χ0n) is 12.2. The van der Waals surface area contributed by atoms with Crippen LogP contribution in [0.25, 0.3) is 0 Å². The van der Waals surface area contributed by atoms with E-state index in [1.54, 1.807) is 6.20 Å². The lowest BCUT2D eigenvalue weighted by Crippen LogP contribution is -2.41. The maximum absolute atomic E-state index is 12.4. The smallest absolute Gasteiger partial charge is 0.225 e. The van der Waals surface area contributed by atoms with Crippen LogP contribution in [0.2, 0.25) is 0 Å². The Morgan fingerprint density at radius 1 is 1.38 bits per heavy atom. The number of fused-ring (bicyclic) bond motifs is 3. The molecule has 2 bridgehead atoms. The Bertz CT molecular complexity index is 500. The summed E-state index contributed by atoms with van der Waals surface area (Å²) < 4.78 is 1.84. The summed E-state index contributed by atoms with van der Waals surface area (Å²) in [5, 5.41) is 7.19. The van der Waals surface area contributed by atoms with E-state index in [9.17, 15) is 9.59 Å². The highest BCUT2D eigenvalue weighted by molar-refractivity contribution is 5.82. The molecule has 2 unspecified atom stereocenters. The Hall–Kier alpha value is -1.85. The molecule has 2 amide bonds. The van der Waals surface area contributed by atoms with Crippen molar-refractivity contribution in [2.45, 2.75) is 44.7 Å². The summed E-state index contributed by atoms with van der Waals surface area (Å²) in [4.78, 5) is 26.2. The summed E-state index contributed by atoms with van der Waals surface area (Å²) in [6, 6.07) is 2.02. The maximum atomic E-state index is 12.4. The third-order valence-corrected chi connectivity index (χ3v) is 4.39. The first-order valence-electron chi connectivity index (χ1n) is 7.78. The molecule has 0 aromatic carbocycles. The van der Waals surface area contributed by atoms with Crippen LogP contribution in [-0.4, -0.2) is 45.6 Å². The number of nitrogens with one attached hydrogen (secondary N) is 1. The average molecular weight is 290 g/mol. The fraction of sp³-hybridized carbons (Fsp3) is 0.667. The quantitative estimate of drug-likeness (QED) is 0.891. The van der Waals surface area contributed by atoms with Crippen molar-refractivity contribution in [1.29, 1.82) is 0 Å². The number of nitrogens with zero attached hydrogens (tertiary/aromatic N) is 3. The summed E-state index contributed by atoms with van der Waals surface area (Å²) in [6.45, 7) is 2.02. The third-order valence-electron chi connectivity index (χ3n) is 4.39. The van der Waals surface area contributed by atoms with Crippen LogP contribution < -0.4 is 5.32 Å². The Balaban J connectivity index is 1.53. The number of hydrogen-bond donors (Lipinski definition) is 1. The van der Waals surface area contributed by atoms with Crippen LogP contribution in [0.4, 0.5) is 0 Å². The molecule has 2 atom stereocenters. The van der Waals surface area contributed by atoms with Gasteiger partial charge in [-0.2, -0.15) is 5.10 Å². The van der Waals surface area contributed by atoms with Crippen molar-refractivity contribution in [3.63, 3.8) is 0 Å². The molecule has 0 aliphatic carbocycles. The molecule has 3 heterocycles. The van der Waals surface area contributed by atoms with Crippen LogP contribution >= 0.6 is 0 Å². The van der Waals surface area contributed by atoms with E-state index >= 15 is 0 Å². The highest BCUT2D eigenvalue weighted by Gasteiger charge is 2.33. The van der Waals surface area contributed by atoms with E-state index in [-0.39, 0.29) is 23.8 Å². The van der Waals surface area contributed by atoms with Gasteiger partial charge in [-0.25, -0.2) is 0 Å². The summed E-state index contributed by atoms with van der Waals surface area (Å²) in [7, 11) is 0. The van der Waals surface area contributed by atoms with Crippen molar-refractivity contribution in [2.24, 2.45) is 5.92 Å². The molecule has 6 nitrogen and oxygen atoms in total. The third kappa shape index (κ3) is 3.43. The Morgan fingerprint density at radius 3 is 3.10 bits per heavy atom. The molecule has 21 heavy (non-hydrogen) atoms. The van der Waals surface area contributed by atoms with Gasteiger partial charge < -0.3 is 10.2 Å². The van der Waals surface area contributed by atoms with Crippen LogP contribution in [0.5, 0.6) is 0 Å². The minimum absolute atomic E-state index is 0.0208. The van der Waals surface area contributed by atoms with E-state index in [1.165, 1.54) is 0 Å². The monoisotopic (exact) mass is 290 g/mol. The number of rotatable bonds is 4. The fourth-order valence-electron chi connectivity index (χ4n) is 3.24. The highest BCUT2D eigenvalue weighted by atomic mass is 16.2. The maximum Gasteiger partial charge on any atom is 0.225 e. The SMILES string of the molecule is O=C1NC2CCCC1CN(C(=O)CCCn1cccn1)C2. The lowest BCUT2D eigenvalue weighted by Gasteiger charge is -2.27. The summed E-state index contributed by atoms with van der Waals surface area (Å²) in [5.41, 5.74) is 0. The second-order valence-electron chi connectivity index (χ2n) is 6.00. The number of carbonyl (C=O) groups is 2. The van der Waals surface area contributed by atoms with Gasteiger partial charge in [-0.05, 0) is 25.3 Å². The van der Waals surface area contributed by atoms with Gasteiger partial charge in [0.25, 0.3) is 0 Å². The molecule has 1 N–H and O–H groups in total. The van der Waals surface area contributed by atoms with Crippen LogP contribution in [0.1, 0.15) is 32.1 Å². The van der Waals surface area contributed by atoms with Crippen molar-refractivity contribution in [1.82, 2.24) is 20.0 Å². The van der Waals surface area contributed by atoms with Crippen molar-refractivity contribution >= 4 is 11.8 Å². The van der Waals surface area contributed by atoms with Gasteiger partial charge in [0.1, 0.15) is 0 Å². The highest BCUT2D eigenvalue weighted by Crippen LogP contribution is 2.22. The number of amides is 2. The number of carbonyl (C=O) groups excluding carboxylic acids is 2. The Kier molecular flexibility index (Phi) is 4.22. The molecule has 114 valence electrons. The molecule has 2 saturated heterocycles. The predicted octanol–water partition coefficient (Wildman–Crippen LogP) is 0.790. The molecular formula is C15H22N4O2. The first-order valence-corrected chi connectivity index (χ1v) is 7.78. The van der Waals surface area contributed by atoms with E-state index in [4.69, 9.17) is 0 Å². The van der Waals surface area contributed by atoms with Crippen molar-refractivity contribution in [3.05, 3.63) is 18.5 Å². The fourth-order valence-corrected chi connectivity index (χ4v) is 3.24. The number of aromatic nitrogens is 2. The van der Waals surface area contributed by atoms with E-state index in [1.807, 2.05) is 21.8 Å². The predicted molar refractivity (Wildman–Crippen MR) is 77.3 cm³/mol. The minimum Gasteiger partial charge on any atom is -0.351 e. The van der Waals surface area contributed by atoms with Gasteiger partial charge in [-0.1, -0.05) is 6.42 Å². The van der Waals surface area contributed by atoms with E-state index in [2.05, 4.69) is 10.4 Å². The van der Waals surface area contributed by atoms with Crippen molar-refractivity contribution in [2.75, 3.05) is 13.1 Å². The summed E-state index contributed by atoms with van der Waals surface area (Å²) in [5.74, 6) is 0.271. The molecule has 3 rings (SSSR count). The van der Waals surface area contributed by atoms with Gasteiger partial charge in [-0.15, -0.1) is 0 Å². The second kappa shape index (κ2) is 6.28. The van der Waals surface area contributed by atoms with Gasteiger partial charge in [0.2, 0.25) is 11.8 Å². The zero-order chi connectivity index (χ0) is 14.7. The van der Waals surface area contributed by atoms with E-state index in [0.717, 1.165) is 32.2 Å². The lowest BCUT2D eigenvalue weighted by molar-refractivity contribution is -0.132. The minimum atomic E-state index is -0.0208. The molecule has 2 fully saturated rings. The topological polar surface area (TPSA) is 67.2 Å². The van der Waals surface area contributed by atoms with E-state index < -0.39 is 0 Å². The molecule has 6 heteroatoms. The molecule has 2 aliphatic heterocycles. The van der Waals surface area contributed by atoms with Crippen LogP contribution in [0.3, 0.4) is 0 Å². The van der Waals surface area contributed by atoms with Crippen molar-refractivity contribution in [3.8, 4) is 0 Å². The molecule has 0 saturated carbocycles. The average Bonchev–Trinajstić information content (AvgIpc) is 2.82. The van der Waals surface area contributed by atoms with Gasteiger partial charge in [-0.3, -0.25) is 14.3 Å². The normalized spacial score (nSPS) is 25.3. The summed E-state index contributed by atoms with van der Waals surface area (Å²) >= 11 is 0. The van der Waals surface area contributed by atoms with Crippen LogP contribution in [0.15, 0.2) is 18.5 Å². The molecule has 0 spiro atoms.